The van der Waals surface area contributed by atoms with Gasteiger partial charge in [0.1, 0.15) is 5.75 Å². The fourth-order valence-corrected chi connectivity index (χ4v) is 2.04. The van der Waals surface area contributed by atoms with Crippen LogP contribution in [0.1, 0.15) is 18.9 Å². The number of carbonyl (C=O) groups excluding carboxylic acids is 1. The number of hydrogen-bond acceptors (Lipinski definition) is 3. The lowest BCUT2D eigenvalue weighted by molar-refractivity contribution is -0.143. The molecule has 0 heterocycles. The number of fused-ring (bicyclic) bond motifs is 1. The second-order valence-electron chi connectivity index (χ2n) is 4.35. The van der Waals surface area contributed by atoms with Crippen molar-refractivity contribution < 1.29 is 14.3 Å². The molecule has 0 saturated heterocycles. The lowest BCUT2D eigenvalue weighted by Crippen LogP contribution is -2.05. The molecule has 0 bridgehead atoms. The molecule has 19 heavy (non-hydrogen) atoms. The molecule has 0 N–H and O–H groups in total. The molecule has 2 rings (SSSR count). The highest BCUT2D eigenvalue weighted by Crippen LogP contribution is 2.22. The van der Waals surface area contributed by atoms with E-state index in [0.717, 1.165) is 22.1 Å². The van der Waals surface area contributed by atoms with E-state index in [9.17, 15) is 4.79 Å². The van der Waals surface area contributed by atoms with E-state index in [1.165, 1.54) is 0 Å². The molecular weight excluding hydrogens is 240 g/mol. The summed E-state index contributed by atoms with van der Waals surface area (Å²) in [4.78, 5) is 11.3. The maximum atomic E-state index is 11.3. The van der Waals surface area contributed by atoms with Crippen molar-refractivity contribution in [1.29, 1.82) is 0 Å². The van der Waals surface area contributed by atoms with Crippen molar-refractivity contribution in [2.24, 2.45) is 0 Å². The monoisotopic (exact) mass is 258 g/mol. The Morgan fingerprint density at radius 1 is 1.11 bits per heavy atom. The molecule has 0 aliphatic carbocycles. The van der Waals surface area contributed by atoms with Gasteiger partial charge in [0.15, 0.2) is 0 Å². The summed E-state index contributed by atoms with van der Waals surface area (Å²) < 4.78 is 10.1. The van der Waals surface area contributed by atoms with Crippen molar-refractivity contribution in [2.75, 3.05) is 13.7 Å². The Kier molecular flexibility index (Phi) is 4.39. The molecule has 0 atom stereocenters. The standard InChI is InChI=1S/C16H18O3/c1-3-19-16(17)9-5-12-4-6-14-11-15(18-2)8-7-13(14)10-12/h4,6-8,10-11H,3,5,9H2,1-2H3. The zero-order valence-electron chi connectivity index (χ0n) is 11.3. The van der Waals surface area contributed by atoms with Crippen molar-refractivity contribution in [3.05, 3.63) is 42.0 Å². The van der Waals surface area contributed by atoms with Crippen molar-refractivity contribution in [2.45, 2.75) is 19.8 Å². The van der Waals surface area contributed by atoms with Gasteiger partial charge in [-0.1, -0.05) is 24.3 Å². The van der Waals surface area contributed by atoms with Gasteiger partial charge in [0.25, 0.3) is 0 Å². The van der Waals surface area contributed by atoms with E-state index in [1.54, 1.807) is 7.11 Å². The van der Waals surface area contributed by atoms with Gasteiger partial charge in [-0.2, -0.15) is 0 Å². The van der Waals surface area contributed by atoms with Crippen LogP contribution in [0.3, 0.4) is 0 Å². The van der Waals surface area contributed by atoms with Crippen molar-refractivity contribution in [1.82, 2.24) is 0 Å². The minimum Gasteiger partial charge on any atom is -0.497 e. The van der Waals surface area contributed by atoms with Crippen LogP contribution in [0.5, 0.6) is 5.75 Å². The van der Waals surface area contributed by atoms with E-state index in [0.29, 0.717) is 19.4 Å². The third kappa shape index (κ3) is 3.47. The predicted molar refractivity (Wildman–Crippen MR) is 75.5 cm³/mol. The summed E-state index contributed by atoms with van der Waals surface area (Å²) in [6, 6.07) is 12.2. The number of rotatable bonds is 5. The first-order valence-electron chi connectivity index (χ1n) is 6.45. The fraction of sp³-hybridized carbons (Fsp3) is 0.312. The molecule has 0 radical (unpaired) electrons. The SMILES string of the molecule is CCOC(=O)CCc1ccc2cc(OC)ccc2c1. The molecule has 3 heteroatoms. The van der Waals surface area contributed by atoms with Crippen LogP contribution in [0.15, 0.2) is 36.4 Å². The van der Waals surface area contributed by atoms with Gasteiger partial charge in [-0.25, -0.2) is 0 Å². The molecule has 0 aliphatic heterocycles. The summed E-state index contributed by atoms with van der Waals surface area (Å²) in [5.41, 5.74) is 1.14. The first-order chi connectivity index (χ1) is 9.22. The Morgan fingerprint density at radius 2 is 1.84 bits per heavy atom. The van der Waals surface area contributed by atoms with Crippen molar-refractivity contribution in [3.63, 3.8) is 0 Å². The first kappa shape index (κ1) is 13.4. The summed E-state index contributed by atoms with van der Waals surface area (Å²) in [5.74, 6) is 0.712. The number of esters is 1. The van der Waals surface area contributed by atoms with E-state index in [1.807, 2.05) is 31.2 Å². The average molecular weight is 258 g/mol. The second kappa shape index (κ2) is 6.23. The smallest absolute Gasteiger partial charge is 0.306 e. The van der Waals surface area contributed by atoms with Gasteiger partial charge >= 0.3 is 5.97 Å². The van der Waals surface area contributed by atoms with Gasteiger partial charge in [0.2, 0.25) is 0 Å². The molecule has 0 unspecified atom stereocenters. The van der Waals surface area contributed by atoms with E-state index in [2.05, 4.69) is 12.1 Å². The minimum absolute atomic E-state index is 0.141. The largest absolute Gasteiger partial charge is 0.497 e. The maximum absolute atomic E-state index is 11.3. The minimum atomic E-state index is -0.141. The van der Waals surface area contributed by atoms with Gasteiger partial charge < -0.3 is 9.47 Å². The summed E-state index contributed by atoms with van der Waals surface area (Å²) in [5, 5.41) is 2.29. The number of methoxy groups -OCH3 is 1. The molecule has 0 fully saturated rings. The molecule has 100 valence electrons. The fourth-order valence-electron chi connectivity index (χ4n) is 2.04. The third-order valence-corrected chi connectivity index (χ3v) is 3.03. The van der Waals surface area contributed by atoms with Crippen molar-refractivity contribution in [3.8, 4) is 5.75 Å². The van der Waals surface area contributed by atoms with Gasteiger partial charge in [-0.05, 0) is 41.8 Å². The summed E-state index contributed by atoms with van der Waals surface area (Å²) in [7, 11) is 1.66. The molecule has 0 amide bonds. The average Bonchev–Trinajstić information content (AvgIpc) is 2.44. The van der Waals surface area contributed by atoms with Crippen LogP contribution in [0.4, 0.5) is 0 Å². The number of benzene rings is 2. The predicted octanol–water partition coefficient (Wildman–Crippen LogP) is 3.34. The number of aryl methyl sites for hydroxylation is 1. The van der Waals surface area contributed by atoms with E-state index >= 15 is 0 Å². The zero-order valence-corrected chi connectivity index (χ0v) is 11.3. The Hall–Kier alpha value is -2.03. The van der Waals surface area contributed by atoms with Gasteiger partial charge in [-0.15, -0.1) is 0 Å². The molecular formula is C16H18O3. The molecule has 2 aromatic rings. The highest BCUT2D eigenvalue weighted by Gasteiger charge is 2.04. The van der Waals surface area contributed by atoms with Gasteiger partial charge in [-0.3, -0.25) is 4.79 Å². The van der Waals surface area contributed by atoms with Crippen LogP contribution >= 0.6 is 0 Å². The molecule has 0 aliphatic rings. The highest BCUT2D eigenvalue weighted by molar-refractivity contribution is 5.84. The van der Waals surface area contributed by atoms with Crippen LogP contribution in [0, 0.1) is 0 Å². The molecule has 2 aromatic carbocycles. The van der Waals surface area contributed by atoms with E-state index < -0.39 is 0 Å². The Labute approximate surface area is 113 Å². The lowest BCUT2D eigenvalue weighted by atomic mass is 10.0. The van der Waals surface area contributed by atoms with E-state index in [-0.39, 0.29) is 5.97 Å². The topological polar surface area (TPSA) is 35.5 Å². The Balaban J connectivity index is 2.11. The van der Waals surface area contributed by atoms with Gasteiger partial charge in [0.05, 0.1) is 13.7 Å². The van der Waals surface area contributed by atoms with E-state index in [4.69, 9.17) is 9.47 Å². The molecule has 3 nitrogen and oxygen atoms in total. The van der Waals surface area contributed by atoms with Crippen LogP contribution in [-0.4, -0.2) is 19.7 Å². The third-order valence-electron chi connectivity index (χ3n) is 3.03. The van der Waals surface area contributed by atoms with Crippen LogP contribution in [0.2, 0.25) is 0 Å². The lowest BCUT2D eigenvalue weighted by Gasteiger charge is -2.06. The first-order valence-corrected chi connectivity index (χ1v) is 6.45. The van der Waals surface area contributed by atoms with Crippen LogP contribution in [-0.2, 0) is 16.0 Å². The second-order valence-corrected chi connectivity index (χ2v) is 4.35. The molecule has 0 spiro atoms. The summed E-state index contributed by atoms with van der Waals surface area (Å²) >= 11 is 0. The van der Waals surface area contributed by atoms with Crippen LogP contribution < -0.4 is 4.74 Å². The maximum Gasteiger partial charge on any atom is 0.306 e. The number of ether oxygens (including phenoxy) is 2. The Bertz CT molecular complexity index is 575. The van der Waals surface area contributed by atoms with Gasteiger partial charge in [0, 0.05) is 6.42 Å². The Morgan fingerprint density at radius 3 is 2.58 bits per heavy atom. The normalized spacial score (nSPS) is 10.4. The summed E-state index contributed by atoms with van der Waals surface area (Å²) in [6.45, 7) is 2.26. The van der Waals surface area contributed by atoms with Crippen LogP contribution in [0.25, 0.3) is 10.8 Å². The molecule has 0 saturated carbocycles. The quantitative estimate of drug-likeness (QED) is 0.771. The number of hydrogen-bond donors (Lipinski definition) is 0. The summed E-state index contributed by atoms with van der Waals surface area (Å²) in [6.07, 6.45) is 1.14. The zero-order chi connectivity index (χ0) is 13.7. The highest BCUT2D eigenvalue weighted by atomic mass is 16.5. The molecule has 0 aromatic heterocycles. The number of carbonyl (C=O) groups is 1. The van der Waals surface area contributed by atoms with Crippen molar-refractivity contribution >= 4 is 16.7 Å².